The van der Waals surface area contributed by atoms with Crippen molar-refractivity contribution in [2.45, 2.75) is 18.9 Å². The van der Waals surface area contributed by atoms with Crippen molar-refractivity contribution in [2.75, 3.05) is 0 Å². The van der Waals surface area contributed by atoms with E-state index in [4.69, 9.17) is 19.7 Å². The van der Waals surface area contributed by atoms with Gasteiger partial charge in [0.2, 0.25) is 0 Å². The molecule has 1 aliphatic carbocycles. The molecule has 49 heavy (non-hydrogen) atoms. The minimum Gasteiger partial charge on any atom is -0.485 e. The van der Waals surface area contributed by atoms with Gasteiger partial charge in [-0.2, -0.15) is 0 Å². The highest BCUT2D eigenvalue weighted by molar-refractivity contribution is 6.21. The van der Waals surface area contributed by atoms with E-state index in [2.05, 4.69) is 108 Å². The summed E-state index contributed by atoms with van der Waals surface area (Å²) in [5.74, 6) is 2.91. The summed E-state index contributed by atoms with van der Waals surface area (Å²) in [6.45, 7) is 6.56. The first-order chi connectivity index (χ1) is 24.2. The predicted octanol–water partition coefficient (Wildman–Crippen LogP) is 10.6. The fraction of sp³-hybridized carbons (Fsp3) is 0.0682. The van der Waals surface area contributed by atoms with Gasteiger partial charge in [-0.1, -0.05) is 110 Å². The number of rotatable bonds is 6. The molecule has 0 fully saturated rings. The van der Waals surface area contributed by atoms with Gasteiger partial charge in [0, 0.05) is 44.7 Å². The summed E-state index contributed by atoms with van der Waals surface area (Å²) in [4.78, 5) is 15.0. The largest absolute Gasteiger partial charge is 0.485 e. The standard InChI is InChI=1S/C44H32N4O/c1-3-29(22-21-28(2)48-37-19-11-9-18-35(37)41-33-16-8-7-13-30(33)23-25-38(41)48)42-45-43(31-14-5-4-6-15-31)47-44(46-42)32-24-26-40-36(27-32)34-17-10-12-20-39(34)49-40/h3-27,34,39H,2H2,1H3/b22-21-,29-3+. The van der Waals surface area contributed by atoms with Crippen LogP contribution < -0.4 is 4.74 Å². The van der Waals surface area contributed by atoms with Gasteiger partial charge in [-0.15, -0.1) is 0 Å². The van der Waals surface area contributed by atoms with Crippen LogP contribution in [0.15, 0.2) is 158 Å². The van der Waals surface area contributed by atoms with Gasteiger partial charge in [-0.05, 0) is 66.3 Å². The highest BCUT2D eigenvalue weighted by atomic mass is 16.5. The molecule has 2 aromatic heterocycles. The fourth-order valence-corrected chi connectivity index (χ4v) is 7.14. The molecule has 0 spiro atoms. The third kappa shape index (κ3) is 4.90. The van der Waals surface area contributed by atoms with Gasteiger partial charge in [0.25, 0.3) is 0 Å². The smallest absolute Gasteiger partial charge is 0.164 e. The topological polar surface area (TPSA) is 52.8 Å². The molecule has 2 unspecified atom stereocenters. The molecule has 0 amide bonds. The summed E-state index contributed by atoms with van der Waals surface area (Å²) in [5.41, 5.74) is 6.96. The molecule has 0 N–H and O–H groups in total. The van der Waals surface area contributed by atoms with Crippen LogP contribution in [0.4, 0.5) is 0 Å². The van der Waals surface area contributed by atoms with Crippen LogP contribution in [0.5, 0.6) is 5.75 Å². The lowest BCUT2D eigenvalue weighted by Gasteiger charge is -2.14. The van der Waals surface area contributed by atoms with E-state index in [9.17, 15) is 0 Å². The number of allylic oxidation sites excluding steroid dienone is 7. The third-order valence-electron chi connectivity index (χ3n) is 9.52. The summed E-state index contributed by atoms with van der Waals surface area (Å²) < 4.78 is 8.45. The molecular weight excluding hydrogens is 601 g/mol. The number of ether oxygens (including phenoxy) is 1. The lowest BCUT2D eigenvalue weighted by atomic mass is 9.91. The van der Waals surface area contributed by atoms with Gasteiger partial charge < -0.3 is 9.30 Å². The number of hydrogen-bond donors (Lipinski definition) is 0. The Labute approximate surface area is 284 Å². The highest BCUT2D eigenvalue weighted by Gasteiger charge is 2.32. The summed E-state index contributed by atoms with van der Waals surface area (Å²) in [6, 6.07) is 37.8. The summed E-state index contributed by atoms with van der Waals surface area (Å²) in [6.07, 6.45) is 14.6. The van der Waals surface area contributed by atoms with E-state index in [1.165, 1.54) is 21.5 Å². The lowest BCUT2D eigenvalue weighted by Crippen LogP contribution is -2.15. The Bertz CT molecular complexity index is 2570. The van der Waals surface area contributed by atoms with Gasteiger partial charge in [0.05, 0.1) is 11.0 Å². The van der Waals surface area contributed by atoms with Gasteiger partial charge in [-0.25, -0.2) is 15.0 Å². The third-order valence-corrected chi connectivity index (χ3v) is 9.52. The van der Waals surface area contributed by atoms with Crippen LogP contribution in [0.25, 0.3) is 66.6 Å². The zero-order valence-corrected chi connectivity index (χ0v) is 27.0. The Kier molecular flexibility index (Phi) is 6.91. The van der Waals surface area contributed by atoms with Crippen LogP contribution in [0, 0.1) is 0 Å². The molecule has 234 valence electrons. The van der Waals surface area contributed by atoms with Crippen molar-refractivity contribution in [3.05, 3.63) is 170 Å². The van der Waals surface area contributed by atoms with Gasteiger partial charge in [-0.3, -0.25) is 0 Å². The quantitative estimate of drug-likeness (QED) is 0.171. The maximum atomic E-state index is 6.21. The summed E-state index contributed by atoms with van der Waals surface area (Å²) in [7, 11) is 0. The van der Waals surface area contributed by atoms with Gasteiger partial charge >= 0.3 is 0 Å². The Balaban J connectivity index is 1.13. The maximum absolute atomic E-state index is 6.21. The van der Waals surface area contributed by atoms with Gasteiger partial charge in [0.1, 0.15) is 11.9 Å². The molecule has 5 nitrogen and oxygen atoms in total. The SMILES string of the molecule is C=C(/C=C\C(=C/C)c1nc(-c2ccccc2)nc(-c2ccc3c(c2)C2C=CC=CC2O3)n1)n1c2ccccc2c2c3ccccc3ccc21. The average Bonchev–Trinajstić information content (AvgIpc) is 3.71. The van der Waals surface area contributed by atoms with Crippen molar-refractivity contribution >= 4 is 43.8 Å². The minimum atomic E-state index is 0.0187. The lowest BCUT2D eigenvalue weighted by molar-refractivity contribution is 0.269. The number of hydrogen-bond acceptors (Lipinski definition) is 4. The summed E-state index contributed by atoms with van der Waals surface area (Å²) in [5, 5.41) is 4.89. The number of para-hydroxylation sites is 1. The second-order valence-corrected chi connectivity index (χ2v) is 12.4. The van der Waals surface area contributed by atoms with Gasteiger partial charge in [0.15, 0.2) is 17.5 Å². The Hall–Kier alpha value is -6.33. The Morgan fingerprint density at radius 2 is 1.47 bits per heavy atom. The molecule has 9 rings (SSSR count). The van der Waals surface area contributed by atoms with E-state index in [0.29, 0.717) is 17.5 Å². The fourth-order valence-electron chi connectivity index (χ4n) is 7.14. The molecule has 7 aromatic rings. The first kappa shape index (κ1) is 28.9. The first-order valence-corrected chi connectivity index (χ1v) is 16.6. The van der Waals surface area contributed by atoms with Crippen molar-refractivity contribution in [1.82, 2.24) is 19.5 Å². The molecule has 5 heteroatoms. The van der Waals surface area contributed by atoms with E-state index in [0.717, 1.165) is 44.7 Å². The van der Waals surface area contributed by atoms with Crippen molar-refractivity contribution in [3.63, 3.8) is 0 Å². The monoisotopic (exact) mass is 632 g/mol. The van der Waals surface area contributed by atoms with Crippen LogP contribution in [0.2, 0.25) is 0 Å². The molecule has 2 atom stereocenters. The highest BCUT2D eigenvalue weighted by Crippen LogP contribution is 2.43. The maximum Gasteiger partial charge on any atom is 0.164 e. The van der Waals surface area contributed by atoms with Crippen LogP contribution in [-0.2, 0) is 0 Å². The molecule has 2 aliphatic rings. The summed E-state index contributed by atoms with van der Waals surface area (Å²) >= 11 is 0. The molecule has 0 bridgehead atoms. The molecule has 3 heterocycles. The van der Waals surface area contributed by atoms with Crippen molar-refractivity contribution in [3.8, 4) is 28.5 Å². The normalized spacial score (nSPS) is 16.8. The Morgan fingerprint density at radius 1 is 0.714 bits per heavy atom. The zero-order valence-electron chi connectivity index (χ0n) is 27.0. The molecule has 5 aromatic carbocycles. The van der Waals surface area contributed by atoms with Crippen LogP contribution in [-0.4, -0.2) is 25.6 Å². The van der Waals surface area contributed by atoms with Crippen molar-refractivity contribution in [1.29, 1.82) is 0 Å². The van der Waals surface area contributed by atoms with E-state index in [1.807, 2.05) is 61.5 Å². The molecule has 0 radical (unpaired) electrons. The van der Waals surface area contributed by atoms with Crippen LogP contribution in [0.3, 0.4) is 0 Å². The first-order valence-electron chi connectivity index (χ1n) is 16.6. The number of aromatic nitrogens is 4. The Morgan fingerprint density at radius 3 is 2.33 bits per heavy atom. The van der Waals surface area contributed by atoms with Crippen molar-refractivity contribution < 1.29 is 4.74 Å². The zero-order chi connectivity index (χ0) is 32.9. The molecule has 0 saturated carbocycles. The van der Waals surface area contributed by atoms with Crippen molar-refractivity contribution in [2.24, 2.45) is 0 Å². The van der Waals surface area contributed by atoms with E-state index >= 15 is 0 Å². The minimum absolute atomic E-state index is 0.0187. The van der Waals surface area contributed by atoms with E-state index < -0.39 is 0 Å². The van der Waals surface area contributed by atoms with E-state index in [1.54, 1.807) is 0 Å². The number of benzene rings is 5. The number of nitrogens with zero attached hydrogens (tertiary/aromatic N) is 4. The molecule has 0 saturated heterocycles. The second kappa shape index (κ2) is 11.7. The molecule has 1 aliphatic heterocycles. The predicted molar refractivity (Wildman–Crippen MR) is 201 cm³/mol. The number of fused-ring (bicyclic) bond motifs is 8. The van der Waals surface area contributed by atoms with Crippen LogP contribution in [0.1, 0.15) is 24.2 Å². The average molecular weight is 633 g/mol. The molecular formula is C44H32N4O. The van der Waals surface area contributed by atoms with E-state index in [-0.39, 0.29) is 12.0 Å². The van der Waals surface area contributed by atoms with Crippen LogP contribution >= 0.6 is 0 Å². The second-order valence-electron chi connectivity index (χ2n) is 12.4.